The van der Waals surface area contributed by atoms with Crippen molar-refractivity contribution in [3.8, 4) is 0 Å². The maximum absolute atomic E-state index is 12.9. The van der Waals surface area contributed by atoms with Crippen molar-refractivity contribution in [2.75, 3.05) is 10.0 Å². The van der Waals surface area contributed by atoms with Crippen LogP contribution >= 0.6 is 23.2 Å². The molecule has 2 N–H and O–H groups in total. The number of rotatable bonds is 6. The molecule has 0 atom stereocenters. The van der Waals surface area contributed by atoms with Crippen molar-refractivity contribution in [3.05, 3.63) is 52.3 Å². The number of hydrogen-bond acceptors (Lipinski definition) is 7. The lowest BCUT2D eigenvalue weighted by molar-refractivity contribution is -0.140. The Morgan fingerprint density at radius 1 is 0.906 bits per heavy atom. The summed E-state index contributed by atoms with van der Waals surface area (Å²) < 4.78 is 27.4. The molecule has 2 heterocycles. The van der Waals surface area contributed by atoms with E-state index in [9.17, 15) is 18.0 Å². The lowest BCUT2D eigenvalue weighted by Gasteiger charge is -2.29. The van der Waals surface area contributed by atoms with Gasteiger partial charge >= 0.3 is 0 Å². The molecule has 2 aromatic rings. The number of nitrogens with one attached hydrogen (secondary N) is 2. The number of hydrogen-bond donors (Lipinski definition) is 2. The topological polar surface area (TPSA) is 121 Å². The third-order valence-corrected chi connectivity index (χ3v) is 7.23. The lowest BCUT2D eigenvalue weighted by atomic mass is 9.94. The average molecular weight is 496 g/mol. The summed E-state index contributed by atoms with van der Waals surface area (Å²) in [5.74, 6) is -0.948. The highest BCUT2D eigenvalue weighted by Crippen LogP contribution is 2.32. The molecule has 0 bridgehead atoms. The Labute approximate surface area is 194 Å². The number of sulfonamides is 1. The van der Waals surface area contributed by atoms with Crippen molar-refractivity contribution in [1.82, 2.24) is 15.1 Å². The number of carbonyl (C=O) groups is 2. The van der Waals surface area contributed by atoms with Crippen LogP contribution in [0.3, 0.4) is 0 Å². The molecule has 1 aromatic heterocycles. The van der Waals surface area contributed by atoms with Crippen LogP contribution in [0.15, 0.2) is 52.0 Å². The molecular formula is C20H19Cl2N5O4S. The van der Waals surface area contributed by atoms with Gasteiger partial charge in [0, 0.05) is 11.7 Å². The number of carbonyl (C=O) groups excluding carboxylic acids is 2. The van der Waals surface area contributed by atoms with Gasteiger partial charge < -0.3 is 5.32 Å². The first-order chi connectivity index (χ1) is 15.3. The van der Waals surface area contributed by atoms with E-state index in [1.807, 2.05) is 0 Å². The summed E-state index contributed by atoms with van der Waals surface area (Å²) in [6.45, 7) is 0. The molecule has 12 heteroatoms. The SMILES string of the molecule is O=C1C(Cl)=C(Nc2ccc(S(=O)(=O)Nc3ccc(Cl)nn3)cc2)C(=O)N1C1CCCCC1. The van der Waals surface area contributed by atoms with E-state index < -0.39 is 21.8 Å². The van der Waals surface area contributed by atoms with Crippen LogP contribution in [0.25, 0.3) is 0 Å². The molecule has 1 saturated carbocycles. The number of anilines is 2. The Balaban J connectivity index is 1.48. The quantitative estimate of drug-likeness (QED) is 0.588. The van der Waals surface area contributed by atoms with E-state index in [-0.39, 0.29) is 32.6 Å². The molecule has 0 saturated heterocycles. The van der Waals surface area contributed by atoms with E-state index in [1.54, 1.807) is 0 Å². The van der Waals surface area contributed by atoms with Gasteiger partial charge in [0.25, 0.3) is 21.8 Å². The molecule has 0 unspecified atom stereocenters. The van der Waals surface area contributed by atoms with Crippen LogP contribution in [0.4, 0.5) is 11.5 Å². The van der Waals surface area contributed by atoms with E-state index in [1.165, 1.54) is 41.3 Å². The Morgan fingerprint density at radius 2 is 1.59 bits per heavy atom. The van der Waals surface area contributed by atoms with Gasteiger partial charge in [0.15, 0.2) is 11.0 Å². The highest BCUT2D eigenvalue weighted by atomic mass is 35.5. The predicted molar refractivity (Wildman–Crippen MR) is 120 cm³/mol. The van der Waals surface area contributed by atoms with Gasteiger partial charge in [0.2, 0.25) is 0 Å². The predicted octanol–water partition coefficient (Wildman–Crippen LogP) is 3.49. The monoisotopic (exact) mass is 495 g/mol. The third-order valence-electron chi connectivity index (χ3n) is 5.30. The summed E-state index contributed by atoms with van der Waals surface area (Å²) in [4.78, 5) is 26.6. The Bertz CT molecular complexity index is 1180. The van der Waals surface area contributed by atoms with Crippen molar-refractivity contribution in [2.45, 2.75) is 43.0 Å². The van der Waals surface area contributed by atoms with Gasteiger partial charge in [-0.25, -0.2) is 8.42 Å². The van der Waals surface area contributed by atoms with Crippen molar-refractivity contribution >= 4 is 56.5 Å². The second-order valence-electron chi connectivity index (χ2n) is 7.46. The van der Waals surface area contributed by atoms with E-state index in [0.29, 0.717) is 5.69 Å². The maximum Gasteiger partial charge on any atom is 0.279 e. The largest absolute Gasteiger partial charge is 0.350 e. The van der Waals surface area contributed by atoms with Crippen molar-refractivity contribution in [3.63, 3.8) is 0 Å². The maximum atomic E-state index is 12.9. The summed E-state index contributed by atoms with van der Waals surface area (Å²) in [7, 11) is -3.91. The minimum absolute atomic E-state index is 0.00703. The van der Waals surface area contributed by atoms with Gasteiger partial charge in [-0.2, -0.15) is 0 Å². The van der Waals surface area contributed by atoms with Crippen LogP contribution in [0.1, 0.15) is 32.1 Å². The van der Waals surface area contributed by atoms with Crippen molar-refractivity contribution in [2.24, 2.45) is 0 Å². The fraction of sp³-hybridized carbons (Fsp3) is 0.300. The molecule has 1 aromatic carbocycles. The highest BCUT2D eigenvalue weighted by Gasteiger charge is 2.42. The number of aromatic nitrogens is 2. The standard InChI is InChI=1S/C20H19Cl2N5O4S/c21-15-10-11-16(25-24-15)26-32(30,31)14-8-6-12(7-9-14)23-18-17(22)19(28)27(20(18)29)13-4-2-1-3-5-13/h6-11,13,23H,1-5H2,(H,25,26). The van der Waals surface area contributed by atoms with Gasteiger partial charge in [-0.05, 0) is 49.2 Å². The normalized spacial score (nSPS) is 17.8. The first kappa shape index (κ1) is 22.5. The molecule has 168 valence electrons. The third kappa shape index (κ3) is 4.57. The summed E-state index contributed by atoms with van der Waals surface area (Å²) in [6, 6.07) is 8.29. The first-order valence-corrected chi connectivity index (χ1v) is 12.2. The fourth-order valence-corrected chi connectivity index (χ4v) is 5.04. The zero-order chi connectivity index (χ0) is 22.9. The molecule has 9 nitrogen and oxygen atoms in total. The number of benzene rings is 1. The highest BCUT2D eigenvalue weighted by molar-refractivity contribution is 7.92. The van der Waals surface area contributed by atoms with Crippen LogP contribution in [0.5, 0.6) is 0 Å². The van der Waals surface area contributed by atoms with Gasteiger partial charge in [0.1, 0.15) is 10.7 Å². The first-order valence-electron chi connectivity index (χ1n) is 9.93. The second-order valence-corrected chi connectivity index (χ2v) is 9.90. The van der Waals surface area contributed by atoms with E-state index in [0.717, 1.165) is 32.1 Å². The van der Waals surface area contributed by atoms with Crippen molar-refractivity contribution in [1.29, 1.82) is 0 Å². The molecule has 4 rings (SSSR count). The Kier molecular flexibility index (Phi) is 6.36. The van der Waals surface area contributed by atoms with Gasteiger partial charge in [0.05, 0.1) is 4.90 Å². The molecular weight excluding hydrogens is 477 g/mol. The minimum Gasteiger partial charge on any atom is -0.350 e. The molecule has 32 heavy (non-hydrogen) atoms. The lowest BCUT2D eigenvalue weighted by Crippen LogP contribution is -2.42. The average Bonchev–Trinajstić information content (AvgIpc) is 2.99. The van der Waals surface area contributed by atoms with Crippen LogP contribution in [0, 0.1) is 0 Å². The number of amides is 2. The molecule has 0 radical (unpaired) electrons. The van der Waals surface area contributed by atoms with E-state index in [2.05, 4.69) is 20.2 Å². The Morgan fingerprint density at radius 3 is 2.22 bits per heavy atom. The zero-order valence-corrected chi connectivity index (χ0v) is 19.0. The molecule has 1 aliphatic carbocycles. The number of halogens is 2. The zero-order valence-electron chi connectivity index (χ0n) is 16.7. The van der Waals surface area contributed by atoms with Gasteiger partial charge in [-0.15, -0.1) is 10.2 Å². The van der Waals surface area contributed by atoms with Gasteiger partial charge in [-0.1, -0.05) is 42.5 Å². The summed E-state index contributed by atoms with van der Waals surface area (Å²) >= 11 is 11.8. The fourth-order valence-electron chi connectivity index (χ4n) is 3.73. The van der Waals surface area contributed by atoms with Crippen molar-refractivity contribution < 1.29 is 18.0 Å². The van der Waals surface area contributed by atoms with E-state index in [4.69, 9.17) is 23.2 Å². The van der Waals surface area contributed by atoms with Crippen LogP contribution in [-0.4, -0.2) is 41.4 Å². The molecule has 1 aliphatic heterocycles. The molecule has 1 fully saturated rings. The number of nitrogens with zero attached hydrogens (tertiary/aromatic N) is 3. The summed E-state index contributed by atoms with van der Waals surface area (Å²) in [5, 5.41) is 10.1. The van der Waals surface area contributed by atoms with Gasteiger partial charge in [-0.3, -0.25) is 19.2 Å². The summed E-state index contributed by atoms with van der Waals surface area (Å²) in [6.07, 6.45) is 4.56. The summed E-state index contributed by atoms with van der Waals surface area (Å²) in [5.41, 5.74) is 0.405. The van der Waals surface area contributed by atoms with Crippen LogP contribution < -0.4 is 10.0 Å². The second kappa shape index (κ2) is 9.05. The minimum atomic E-state index is -3.91. The Hall–Kier alpha value is -2.69. The molecule has 2 amide bonds. The number of imide groups is 1. The van der Waals surface area contributed by atoms with E-state index >= 15 is 0 Å². The smallest absolute Gasteiger partial charge is 0.279 e. The van der Waals surface area contributed by atoms with Crippen LogP contribution in [0.2, 0.25) is 5.15 Å². The molecule has 2 aliphatic rings. The van der Waals surface area contributed by atoms with Crippen LogP contribution in [-0.2, 0) is 19.6 Å². The molecule has 0 spiro atoms.